The van der Waals surface area contributed by atoms with E-state index >= 15 is 0 Å². The fourth-order valence-corrected chi connectivity index (χ4v) is 8.02. The van der Waals surface area contributed by atoms with Gasteiger partial charge in [0.05, 0.1) is 22.1 Å². The van der Waals surface area contributed by atoms with Gasteiger partial charge in [0, 0.05) is 45.1 Å². The standard InChI is InChI=1S/C49H31N7/c1-4-15-32(16-5-1)33-25-27-36(28-26-33)47-52-46(35-19-8-3-9-20-35)53-49(54-47)56-42-24-13-11-22-38(42)43-39(34-17-6-2-7-18-34)31-40-37-21-10-12-23-41(37)55(44(40)45(43)56)48-50-29-14-30-51-48/h1-31H. The van der Waals surface area contributed by atoms with Crippen molar-refractivity contribution in [3.63, 3.8) is 0 Å². The van der Waals surface area contributed by atoms with Crippen LogP contribution >= 0.6 is 0 Å². The number of nitrogens with zero attached hydrogens (tertiary/aromatic N) is 7. The quantitative estimate of drug-likeness (QED) is 0.171. The molecule has 7 aromatic carbocycles. The van der Waals surface area contributed by atoms with Crippen LogP contribution in [-0.2, 0) is 0 Å². The Morgan fingerprint density at radius 3 is 1.48 bits per heavy atom. The summed E-state index contributed by atoms with van der Waals surface area (Å²) >= 11 is 0. The highest BCUT2D eigenvalue weighted by atomic mass is 15.2. The molecular weight excluding hydrogens is 687 g/mol. The van der Waals surface area contributed by atoms with E-state index in [1.54, 1.807) is 12.4 Å². The fourth-order valence-electron chi connectivity index (χ4n) is 8.02. The average molecular weight is 718 g/mol. The van der Waals surface area contributed by atoms with E-state index < -0.39 is 0 Å². The third-order valence-electron chi connectivity index (χ3n) is 10.5. The van der Waals surface area contributed by atoms with Crippen LogP contribution in [0.3, 0.4) is 0 Å². The van der Waals surface area contributed by atoms with Gasteiger partial charge in [0.1, 0.15) is 0 Å². The van der Waals surface area contributed by atoms with Crippen LogP contribution in [0.25, 0.3) is 101 Å². The van der Waals surface area contributed by atoms with E-state index in [0.717, 1.165) is 77.0 Å². The number of benzene rings is 7. The van der Waals surface area contributed by atoms with Crippen molar-refractivity contribution < 1.29 is 0 Å². The van der Waals surface area contributed by atoms with Gasteiger partial charge in [0.15, 0.2) is 11.6 Å². The van der Waals surface area contributed by atoms with Gasteiger partial charge in [0.25, 0.3) is 0 Å². The Balaban J connectivity index is 1.29. The van der Waals surface area contributed by atoms with Gasteiger partial charge in [-0.15, -0.1) is 0 Å². The monoisotopic (exact) mass is 717 g/mol. The minimum atomic E-state index is 0.518. The minimum Gasteiger partial charge on any atom is -0.276 e. The topological polar surface area (TPSA) is 74.3 Å². The summed E-state index contributed by atoms with van der Waals surface area (Å²) in [5.41, 5.74) is 10.2. The van der Waals surface area contributed by atoms with E-state index in [2.05, 4.69) is 143 Å². The van der Waals surface area contributed by atoms with Crippen molar-refractivity contribution in [1.82, 2.24) is 34.1 Å². The Labute approximate surface area is 321 Å². The van der Waals surface area contributed by atoms with Crippen molar-refractivity contribution in [2.24, 2.45) is 0 Å². The molecule has 0 aliphatic rings. The number of hydrogen-bond donors (Lipinski definition) is 0. The van der Waals surface area contributed by atoms with Crippen LogP contribution in [0.4, 0.5) is 0 Å². The van der Waals surface area contributed by atoms with Crippen molar-refractivity contribution in [3.05, 3.63) is 188 Å². The van der Waals surface area contributed by atoms with E-state index in [0.29, 0.717) is 23.5 Å². The molecule has 0 unspecified atom stereocenters. The molecule has 0 fully saturated rings. The zero-order chi connectivity index (χ0) is 37.0. The van der Waals surface area contributed by atoms with Crippen molar-refractivity contribution in [1.29, 1.82) is 0 Å². The summed E-state index contributed by atoms with van der Waals surface area (Å²) in [6, 6.07) is 60.8. The normalized spacial score (nSPS) is 11.6. The highest BCUT2D eigenvalue weighted by molar-refractivity contribution is 6.28. The van der Waals surface area contributed by atoms with E-state index in [1.807, 2.05) is 42.5 Å². The first-order chi connectivity index (χ1) is 27.8. The summed E-state index contributed by atoms with van der Waals surface area (Å²) in [7, 11) is 0. The molecule has 7 heteroatoms. The SMILES string of the molecule is c1ccc(-c2ccc(-c3nc(-c4ccccc4)nc(-n4c5ccccc5c5c(-c6ccccc6)cc6c7ccccc7n(-c7ncccn7)c6c54)n3)cc2)cc1. The second-order valence-electron chi connectivity index (χ2n) is 13.8. The maximum Gasteiger partial charge on any atom is 0.238 e. The molecule has 0 spiro atoms. The van der Waals surface area contributed by atoms with Crippen LogP contribution < -0.4 is 0 Å². The molecule has 0 radical (unpaired) electrons. The van der Waals surface area contributed by atoms with Crippen molar-refractivity contribution in [3.8, 4) is 56.9 Å². The number of rotatable bonds is 6. The predicted molar refractivity (Wildman–Crippen MR) is 226 cm³/mol. The van der Waals surface area contributed by atoms with E-state index in [1.165, 1.54) is 0 Å². The lowest BCUT2D eigenvalue weighted by Gasteiger charge is -2.14. The van der Waals surface area contributed by atoms with Crippen LogP contribution in [0.15, 0.2) is 188 Å². The van der Waals surface area contributed by atoms with Crippen LogP contribution in [0.1, 0.15) is 0 Å². The zero-order valence-corrected chi connectivity index (χ0v) is 30.0. The largest absolute Gasteiger partial charge is 0.276 e. The number of para-hydroxylation sites is 2. The molecule has 0 saturated heterocycles. The molecular formula is C49H31N7. The summed E-state index contributed by atoms with van der Waals surface area (Å²) in [6.07, 6.45) is 3.59. The van der Waals surface area contributed by atoms with Gasteiger partial charge in [0.2, 0.25) is 11.9 Å². The summed E-state index contributed by atoms with van der Waals surface area (Å²) in [4.78, 5) is 25.4. The smallest absolute Gasteiger partial charge is 0.238 e. The van der Waals surface area contributed by atoms with E-state index in [9.17, 15) is 0 Å². The fraction of sp³-hybridized carbons (Fsp3) is 0. The number of hydrogen-bond acceptors (Lipinski definition) is 5. The molecule has 262 valence electrons. The molecule has 0 aliphatic carbocycles. The van der Waals surface area contributed by atoms with Gasteiger partial charge in [-0.3, -0.25) is 9.13 Å². The Morgan fingerprint density at radius 1 is 0.339 bits per heavy atom. The summed E-state index contributed by atoms with van der Waals surface area (Å²) in [6.45, 7) is 0. The third kappa shape index (κ3) is 5.10. The zero-order valence-electron chi connectivity index (χ0n) is 30.0. The molecule has 4 heterocycles. The molecule has 0 N–H and O–H groups in total. The predicted octanol–water partition coefficient (Wildman–Crippen LogP) is 11.5. The molecule has 11 rings (SSSR count). The third-order valence-corrected chi connectivity index (χ3v) is 10.5. The maximum absolute atomic E-state index is 5.34. The van der Waals surface area contributed by atoms with Crippen molar-refractivity contribution in [2.45, 2.75) is 0 Å². The van der Waals surface area contributed by atoms with Crippen LogP contribution in [0, 0.1) is 0 Å². The van der Waals surface area contributed by atoms with E-state index in [-0.39, 0.29) is 0 Å². The lowest BCUT2D eigenvalue weighted by molar-refractivity contribution is 0.949. The van der Waals surface area contributed by atoms with Gasteiger partial charge >= 0.3 is 0 Å². The number of fused-ring (bicyclic) bond motifs is 7. The molecule has 0 amide bonds. The van der Waals surface area contributed by atoms with Crippen molar-refractivity contribution >= 4 is 43.6 Å². The Morgan fingerprint density at radius 2 is 0.821 bits per heavy atom. The molecule has 0 bridgehead atoms. The molecule has 0 aliphatic heterocycles. The average Bonchev–Trinajstić information content (AvgIpc) is 3.81. The van der Waals surface area contributed by atoms with Gasteiger partial charge in [-0.25, -0.2) is 15.0 Å². The molecule has 56 heavy (non-hydrogen) atoms. The first kappa shape index (κ1) is 31.7. The maximum atomic E-state index is 5.34. The first-order valence-corrected chi connectivity index (χ1v) is 18.6. The highest BCUT2D eigenvalue weighted by Gasteiger charge is 2.26. The van der Waals surface area contributed by atoms with Gasteiger partial charge in [-0.05, 0) is 46.5 Å². The lowest BCUT2D eigenvalue weighted by atomic mass is 9.96. The van der Waals surface area contributed by atoms with Gasteiger partial charge in [-0.1, -0.05) is 152 Å². The molecule has 4 aromatic heterocycles. The minimum absolute atomic E-state index is 0.518. The van der Waals surface area contributed by atoms with Crippen LogP contribution in [0.5, 0.6) is 0 Å². The summed E-state index contributed by atoms with van der Waals surface area (Å²) < 4.78 is 4.40. The molecule has 0 atom stereocenters. The Kier molecular flexibility index (Phi) is 7.35. The highest BCUT2D eigenvalue weighted by Crippen LogP contribution is 2.45. The van der Waals surface area contributed by atoms with Gasteiger partial charge < -0.3 is 0 Å². The number of aromatic nitrogens is 7. The molecule has 11 aromatic rings. The second-order valence-corrected chi connectivity index (χ2v) is 13.8. The molecule has 7 nitrogen and oxygen atoms in total. The second kappa shape index (κ2) is 13.0. The Bertz CT molecular complexity index is 3210. The van der Waals surface area contributed by atoms with Crippen molar-refractivity contribution in [2.75, 3.05) is 0 Å². The summed E-state index contributed by atoms with van der Waals surface area (Å²) in [5, 5.41) is 4.36. The lowest BCUT2D eigenvalue weighted by Crippen LogP contribution is -2.07. The van der Waals surface area contributed by atoms with Crippen LogP contribution in [0.2, 0.25) is 0 Å². The van der Waals surface area contributed by atoms with E-state index in [4.69, 9.17) is 24.9 Å². The van der Waals surface area contributed by atoms with Gasteiger partial charge in [-0.2, -0.15) is 9.97 Å². The first-order valence-electron chi connectivity index (χ1n) is 18.6. The summed E-state index contributed by atoms with van der Waals surface area (Å²) in [5.74, 6) is 2.28. The van der Waals surface area contributed by atoms with Crippen LogP contribution in [-0.4, -0.2) is 34.1 Å². The Hall–Kier alpha value is -7.77. The molecule has 0 saturated carbocycles.